The first-order chi connectivity index (χ1) is 19.8. The van der Waals surface area contributed by atoms with Crippen molar-refractivity contribution in [3.8, 4) is 22.6 Å². The number of aliphatic hydroxyl groups excluding tert-OH is 2. The number of aryl methyl sites for hydroxylation is 2. The molecule has 0 saturated heterocycles. The van der Waals surface area contributed by atoms with Gasteiger partial charge in [0.25, 0.3) is 0 Å². The number of hydrogen-bond donors (Lipinski definition) is 2. The molecule has 0 saturated carbocycles. The lowest BCUT2D eigenvalue weighted by atomic mass is 9.94. The molecule has 8 nitrogen and oxygen atoms in total. The highest BCUT2D eigenvalue weighted by Crippen LogP contribution is 2.33. The van der Waals surface area contributed by atoms with E-state index < -0.39 is 38.7 Å². The van der Waals surface area contributed by atoms with E-state index in [-0.39, 0.29) is 11.1 Å². The van der Waals surface area contributed by atoms with Crippen LogP contribution in [0.1, 0.15) is 69.9 Å². The average molecular weight is 569 g/mol. The van der Waals surface area contributed by atoms with Gasteiger partial charge in [0.15, 0.2) is 0 Å². The maximum Gasteiger partial charge on any atom is 0.338 e. The molecule has 224 valence electrons. The van der Waals surface area contributed by atoms with E-state index in [1.165, 1.54) is 56.1 Å². The first kappa shape index (κ1) is 33.6. The van der Waals surface area contributed by atoms with Crippen LogP contribution in [0.2, 0.25) is 0 Å². The van der Waals surface area contributed by atoms with Gasteiger partial charge in [-0.2, -0.15) is 0 Å². The van der Waals surface area contributed by atoms with Crippen molar-refractivity contribution in [2.75, 3.05) is 26.8 Å². The third kappa shape index (κ3) is 11.8. The molecule has 0 amide bonds. The molecule has 2 N–H and O–H groups in total. The monoisotopic (exact) mass is 568 g/mol. The Morgan fingerprint density at radius 3 is 1.78 bits per heavy atom. The number of carbonyl (C=O) groups is 2. The van der Waals surface area contributed by atoms with Gasteiger partial charge < -0.3 is 29.2 Å². The van der Waals surface area contributed by atoms with Crippen LogP contribution in [0.15, 0.2) is 60.7 Å². The first-order valence-corrected chi connectivity index (χ1v) is 14.3. The van der Waals surface area contributed by atoms with Crippen LogP contribution >= 0.6 is 0 Å². The number of hydrogen-bond acceptors (Lipinski definition) is 8. The Labute approximate surface area is 243 Å². The lowest BCUT2D eigenvalue weighted by Gasteiger charge is -2.15. The zero-order chi connectivity index (χ0) is 30.0. The van der Waals surface area contributed by atoms with Crippen molar-refractivity contribution < 1.29 is 38.7 Å². The Morgan fingerprint density at radius 1 is 0.732 bits per heavy atom. The van der Waals surface area contributed by atoms with E-state index in [9.17, 15) is 9.59 Å². The smallest absolute Gasteiger partial charge is 0.338 e. The number of benzene rings is 2. The molecule has 0 fully saturated rings. The van der Waals surface area contributed by atoms with E-state index in [4.69, 9.17) is 29.2 Å². The first-order valence-electron chi connectivity index (χ1n) is 14.3. The molecule has 0 atom stereocenters. The lowest BCUT2D eigenvalue weighted by molar-refractivity contribution is -0.146. The molecule has 0 aliphatic carbocycles. The summed E-state index contributed by atoms with van der Waals surface area (Å²) in [5.74, 6) is -0.803. The molecule has 0 spiro atoms. The summed E-state index contributed by atoms with van der Waals surface area (Å²) in [5, 5.41) is 18.1. The molecule has 0 bridgehead atoms. The molecule has 2 aromatic rings. The highest BCUT2D eigenvalue weighted by molar-refractivity contribution is 5.88. The molecule has 2 rings (SSSR count). The standard InChI is InChI=1S/C33H44O8/c1-5-7-8-9-10-11-12-13-26-14-15-31(27(6-2)16-26)28-17-29(38-22-40-32(36)24(3)20-34)19-30(18-28)39-23-41-33(37)25(4)21-35/h14-19,34-35H,3-13,20-23H2,1-2H3. The van der Waals surface area contributed by atoms with Crippen molar-refractivity contribution >= 4 is 11.9 Å². The molecule has 0 aromatic heterocycles. The number of carbonyl (C=O) groups excluding carboxylic acids is 2. The molecule has 8 heteroatoms. The second kappa shape index (κ2) is 18.7. The van der Waals surface area contributed by atoms with Gasteiger partial charge in [0.1, 0.15) is 11.5 Å². The fraction of sp³-hybridized carbons (Fsp3) is 0.455. The third-order valence-corrected chi connectivity index (χ3v) is 6.60. The zero-order valence-corrected chi connectivity index (χ0v) is 24.4. The molecule has 2 aromatic carbocycles. The predicted octanol–water partition coefficient (Wildman–Crippen LogP) is 6.07. The van der Waals surface area contributed by atoms with Gasteiger partial charge >= 0.3 is 11.9 Å². The Morgan fingerprint density at radius 2 is 1.27 bits per heavy atom. The summed E-state index contributed by atoms with van der Waals surface area (Å²) < 4.78 is 21.3. The van der Waals surface area contributed by atoms with Gasteiger partial charge in [-0.25, -0.2) is 9.59 Å². The summed E-state index contributed by atoms with van der Waals surface area (Å²) in [6, 6.07) is 11.7. The van der Waals surface area contributed by atoms with Crippen molar-refractivity contribution in [3.63, 3.8) is 0 Å². The Bertz CT molecular complexity index is 1100. The number of esters is 2. The van der Waals surface area contributed by atoms with Crippen molar-refractivity contribution in [1.29, 1.82) is 0 Å². The summed E-state index contributed by atoms with van der Waals surface area (Å²) >= 11 is 0. The van der Waals surface area contributed by atoms with Crippen molar-refractivity contribution in [1.82, 2.24) is 0 Å². The van der Waals surface area contributed by atoms with Crippen LogP contribution in [0.25, 0.3) is 11.1 Å². The van der Waals surface area contributed by atoms with Crippen LogP contribution in [-0.4, -0.2) is 49.0 Å². The summed E-state index contributed by atoms with van der Waals surface area (Å²) in [7, 11) is 0. The van der Waals surface area contributed by atoms with Gasteiger partial charge in [-0.15, -0.1) is 0 Å². The normalized spacial score (nSPS) is 10.6. The van der Waals surface area contributed by atoms with Gasteiger partial charge in [-0.05, 0) is 53.6 Å². The minimum Gasteiger partial charge on any atom is -0.457 e. The minimum atomic E-state index is -0.763. The van der Waals surface area contributed by atoms with E-state index in [0.717, 1.165) is 24.0 Å². The van der Waals surface area contributed by atoms with Crippen LogP contribution in [0, 0.1) is 0 Å². The minimum absolute atomic E-state index is 0.0816. The number of rotatable bonds is 20. The summed E-state index contributed by atoms with van der Waals surface area (Å²) in [6.45, 7) is 9.39. The van der Waals surface area contributed by atoms with E-state index in [2.05, 4.69) is 45.2 Å². The maximum atomic E-state index is 11.8. The van der Waals surface area contributed by atoms with Gasteiger partial charge in [-0.1, -0.05) is 83.7 Å². The van der Waals surface area contributed by atoms with Crippen LogP contribution < -0.4 is 9.47 Å². The predicted molar refractivity (Wildman–Crippen MR) is 159 cm³/mol. The van der Waals surface area contributed by atoms with E-state index in [1.54, 1.807) is 6.07 Å². The zero-order valence-electron chi connectivity index (χ0n) is 24.4. The molecule has 0 radical (unpaired) electrons. The fourth-order valence-electron chi connectivity index (χ4n) is 4.19. The number of unbranched alkanes of at least 4 members (excludes halogenated alkanes) is 6. The van der Waals surface area contributed by atoms with E-state index >= 15 is 0 Å². The van der Waals surface area contributed by atoms with Gasteiger partial charge in [0.05, 0.1) is 24.4 Å². The average Bonchev–Trinajstić information content (AvgIpc) is 2.99. The Kier molecular flexibility index (Phi) is 15.3. The van der Waals surface area contributed by atoms with E-state index in [0.29, 0.717) is 11.5 Å². The van der Waals surface area contributed by atoms with Gasteiger partial charge in [0.2, 0.25) is 13.6 Å². The summed E-state index contributed by atoms with van der Waals surface area (Å²) in [5.41, 5.74) is 4.13. The fourth-order valence-corrected chi connectivity index (χ4v) is 4.19. The molecule has 0 aliphatic heterocycles. The molecule has 0 heterocycles. The molecule has 0 unspecified atom stereocenters. The maximum absolute atomic E-state index is 11.8. The third-order valence-electron chi connectivity index (χ3n) is 6.60. The highest BCUT2D eigenvalue weighted by Gasteiger charge is 2.13. The summed E-state index contributed by atoms with van der Waals surface area (Å²) in [6.07, 6.45) is 10.7. The summed E-state index contributed by atoms with van der Waals surface area (Å²) in [4.78, 5) is 23.6. The molecule has 0 aliphatic rings. The molecular formula is C33H44O8. The topological polar surface area (TPSA) is 112 Å². The quantitative estimate of drug-likeness (QED) is 0.0858. The van der Waals surface area contributed by atoms with Gasteiger partial charge in [-0.3, -0.25) is 0 Å². The number of aliphatic hydroxyl groups is 2. The van der Waals surface area contributed by atoms with Crippen LogP contribution in [0.4, 0.5) is 0 Å². The van der Waals surface area contributed by atoms with Crippen molar-refractivity contribution in [3.05, 3.63) is 71.8 Å². The second-order valence-corrected chi connectivity index (χ2v) is 9.82. The second-order valence-electron chi connectivity index (χ2n) is 9.82. The van der Waals surface area contributed by atoms with Crippen molar-refractivity contribution in [2.45, 2.75) is 71.6 Å². The van der Waals surface area contributed by atoms with Crippen LogP contribution in [0.5, 0.6) is 11.5 Å². The molecular weight excluding hydrogens is 524 g/mol. The largest absolute Gasteiger partial charge is 0.457 e. The Balaban J connectivity index is 2.18. The number of ether oxygens (including phenoxy) is 4. The molecule has 41 heavy (non-hydrogen) atoms. The Hall–Kier alpha value is -3.62. The SMILES string of the molecule is C=C(CO)C(=O)OCOc1cc(OCOC(=O)C(=C)CO)cc(-c2ccc(CCCCCCCCC)cc2CC)c1. The van der Waals surface area contributed by atoms with Gasteiger partial charge in [0, 0.05) is 6.07 Å². The van der Waals surface area contributed by atoms with E-state index in [1.807, 2.05) is 12.1 Å². The van der Waals surface area contributed by atoms with Crippen LogP contribution in [-0.2, 0) is 31.9 Å². The van der Waals surface area contributed by atoms with Crippen molar-refractivity contribution in [2.24, 2.45) is 0 Å². The lowest BCUT2D eigenvalue weighted by Crippen LogP contribution is -2.14. The highest BCUT2D eigenvalue weighted by atomic mass is 16.7. The van der Waals surface area contributed by atoms with Crippen LogP contribution in [0.3, 0.4) is 0 Å².